The van der Waals surface area contributed by atoms with Crippen molar-refractivity contribution in [2.45, 2.75) is 32.2 Å². The molecule has 0 saturated carbocycles. The third-order valence-corrected chi connectivity index (χ3v) is 3.51. The number of hydrogen-bond acceptors (Lipinski definition) is 2. The Morgan fingerprint density at radius 3 is 2.94 bits per heavy atom. The second-order valence-electron chi connectivity index (χ2n) is 3.84. The van der Waals surface area contributed by atoms with Gasteiger partial charge in [-0.25, -0.2) is 4.39 Å². The fraction of sp³-hybridized carbons (Fsp3) is 0.417. The summed E-state index contributed by atoms with van der Waals surface area (Å²) in [7, 11) is 0. The zero-order valence-electron chi connectivity index (χ0n) is 9.67. The van der Waals surface area contributed by atoms with E-state index < -0.39 is 6.04 Å². The van der Waals surface area contributed by atoms with E-state index in [1.165, 1.54) is 6.07 Å². The first-order chi connectivity index (χ1) is 8.06. The summed E-state index contributed by atoms with van der Waals surface area (Å²) < 4.78 is 13.6. The van der Waals surface area contributed by atoms with Crippen molar-refractivity contribution in [1.82, 2.24) is 0 Å². The number of nitrogens with one attached hydrogen (secondary N) is 1. The summed E-state index contributed by atoms with van der Waals surface area (Å²) in [6.07, 6.45) is 2.56. The quantitative estimate of drug-likeness (QED) is 0.803. The van der Waals surface area contributed by atoms with Crippen LogP contribution in [0.2, 0.25) is 0 Å². The van der Waals surface area contributed by atoms with Gasteiger partial charge in [0.2, 0.25) is 5.91 Å². The largest absolute Gasteiger partial charge is 0.324 e. The maximum Gasteiger partial charge on any atom is 0.241 e. The van der Waals surface area contributed by atoms with Crippen molar-refractivity contribution < 1.29 is 9.18 Å². The highest BCUT2D eigenvalue weighted by Crippen LogP contribution is 2.21. The molecule has 3 nitrogen and oxygen atoms in total. The van der Waals surface area contributed by atoms with Crippen LogP contribution in [-0.2, 0) is 4.79 Å². The normalized spacial score (nSPS) is 12.2. The van der Waals surface area contributed by atoms with Gasteiger partial charge in [0.25, 0.3) is 0 Å². The summed E-state index contributed by atoms with van der Waals surface area (Å²) in [4.78, 5) is 11.7. The van der Waals surface area contributed by atoms with Gasteiger partial charge < -0.3 is 11.1 Å². The van der Waals surface area contributed by atoms with Crippen LogP contribution in [-0.4, -0.2) is 11.9 Å². The van der Waals surface area contributed by atoms with E-state index in [0.717, 1.165) is 12.8 Å². The Balaban J connectivity index is 2.64. The molecule has 0 spiro atoms. The summed E-state index contributed by atoms with van der Waals surface area (Å²) in [5, 5.41) is 2.65. The first kappa shape index (κ1) is 14.4. The Morgan fingerprint density at radius 2 is 2.29 bits per heavy atom. The lowest BCUT2D eigenvalue weighted by Gasteiger charge is -2.13. The Kier molecular flexibility index (Phi) is 5.84. The van der Waals surface area contributed by atoms with Gasteiger partial charge in [0.1, 0.15) is 5.82 Å². The molecule has 17 heavy (non-hydrogen) atoms. The van der Waals surface area contributed by atoms with Crippen LogP contribution in [0.5, 0.6) is 0 Å². The van der Waals surface area contributed by atoms with Crippen molar-refractivity contribution in [2.24, 2.45) is 5.73 Å². The van der Waals surface area contributed by atoms with Gasteiger partial charge in [-0.15, -0.1) is 0 Å². The number of halogens is 2. The number of carbonyl (C=O) groups excluding carboxylic acids is 1. The minimum atomic E-state index is -0.533. The molecular weight excluding hydrogens is 334 g/mol. The molecule has 0 radical (unpaired) electrons. The van der Waals surface area contributed by atoms with Crippen molar-refractivity contribution in [1.29, 1.82) is 0 Å². The molecular formula is C12H16FIN2O. The SMILES string of the molecule is CCCCC(N)C(=O)Nc1cccc(F)c1I. The third-order valence-electron chi connectivity index (χ3n) is 2.41. The van der Waals surface area contributed by atoms with Crippen LogP contribution < -0.4 is 11.1 Å². The highest BCUT2D eigenvalue weighted by molar-refractivity contribution is 14.1. The third kappa shape index (κ3) is 4.23. The molecule has 0 heterocycles. The van der Waals surface area contributed by atoms with E-state index in [4.69, 9.17) is 5.73 Å². The van der Waals surface area contributed by atoms with Crippen LogP contribution in [0.4, 0.5) is 10.1 Å². The molecule has 0 fully saturated rings. The Labute approximate surface area is 114 Å². The van der Waals surface area contributed by atoms with Gasteiger partial charge in [-0.3, -0.25) is 4.79 Å². The molecule has 0 bridgehead atoms. The predicted molar refractivity (Wildman–Crippen MR) is 75.2 cm³/mol. The number of carbonyl (C=O) groups is 1. The topological polar surface area (TPSA) is 55.1 Å². The van der Waals surface area contributed by atoms with E-state index in [9.17, 15) is 9.18 Å². The summed E-state index contributed by atoms with van der Waals surface area (Å²) in [5.41, 5.74) is 6.21. The average molecular weight is 350 g/mol. The Morgan fingerprint density at radius 1 is 1.59 bits per heavy atom. The minimum Gasteiger partial charge on any atom is -0.324 e. The summed E-state index contributed by atoms with van der Waals surface area (Å²) in [5.74, 6) is -0.604. The van der Waals surface area contributed by atoms with Gasteiger partial charge in [0.15, 0.2) is 0 Å². The van der Waals surface area contributed by atoms with Crippen molar-refractivity contribution in [3.63, 3.8) is 0 Å². The molecule has 0 saturated heterocycles. The molecule has 1 atom stereocenters. The van der Waals surface area contributed by atoms with Gasteiger partial charge in [0.05, 0.1) is 15.3 Å². The number of amides is 1. The molecule has 1 unspecified atom stereocenters. The Bertz CT molecular complexity index is 398. The molecule has 1 amide bonds. The van der Waals surface area contributed by atoms with Crippen LogP contribution in [0.3, 0.4) is 0 Å². The van der Waals surface area contributed by atoms with Gasteiger partial charge in [-0.1, -0.05) is 25.8 Å². The number of rotatable bonds is 5. The van der Waals surface area contributed by atoms with Gasteiger partial charge in [0, 0.05) is 0 Å². The van der Waals surface area contributed by atoms with Gasteiger partial charge in [-0.05, 0) is 41.1 Å². The molecule has 1 rings (SSSR count). The average Bonchev–Trinajstić information content (AvgIpc) is 2.31. The second-order valence-corrected chi connectivity index (χ2v) is 4.92. The van der Waals surface area contributed by atoms with Crippen LogP contribution in [0.1, 0.15) is 26.2 Å². The smallest absolute Gasteiger partial charge is 0.241 e. The van der Waals surface area contributed by atoms with E-state index in [0.29, 0.717) is 15.7 Å². The molecule has 1 aromatic rings. The van der Waals surface area contributed by atoms with E-state index in [1.807, 2.05) is 29.5 Å². The zero-order chi connectivity index (χ0) is 12.8. The molecule has 5 heteroatoms. The molecule has 0 aliphatic carbocycles. The lowest BCUT2D eigenvalue weighted by atomic mass is 10.1. The molecule has 0 aliphatic rings. The van der Waals surface area contributed by atoms with Crippen molar-refractivity contribution >= 4 is 34.2 Å². The lowest BCUT2D eigenvalue weighted by molar-refractivity contribution is -0.117. The lowest BCUT2D eigenvalue weighted by Crippen LogP contribution is -2.35. The number of nitrogens with two attached hydrogens (primary N) is 1. The first-order valence-electron chi connectivity index (χ1n) is 5.56. The van der Waals surface area contributed by atoms with Crippen molar-refractivity contribution in [3.05, 3.63) is 27.6 Å². The van der Waals surface area contributed by atoms with Crippen LogP contribution in [0.15, 0.2) is 18.2 Å². The molecule has 94 valence electrons. The second kappa shape index (κ2) is 6.90. The summed E-state index contributed by atoms with van der Waals surface area (Å²) in [6, 6.07) is 4.04. The van der Waals surface area contributed by atoms with E-state index in [1.54, 1.807) is 12.1 Å². The van der Waals surface area contributed by atoms with E-state index in [-0.39, 0.29) is 11.7 Å². The monoisotopic (exact) mass is 350 g/mol. The number of unbranched alkanes of at least 4 members (excludes halogenated alkanes) is 1. The molecule has 3 N–H and O–H groups in total. The molecule has 1 aromatic carbocycles. The minimum absolute atomic E-state index is 0.262. The van der Waals surface area contributed by atoms with Gasteiger partial charge in [-0.2, -0.15) is 0 Å². The Hall–Kier alpha value is -0.690. The maximum atomic E-state index is 13.2. The van der Waals surface area contributed by atoms with Crippen LogP contribution >= 0.6 is 22.6 Å². The molecule has 0 aliphatic heterocycles. The zero-order valence-corrected chi connectivity index (χ0v) is 11.8. The molecule has 0 aromatic heterocycles. The highest BCUT2D eigenvalue weighted by Gasteiger charge is 2.14. The summed E-state index contributed by atoms with van der Waals surface area (Å²) in [6.45, 7) is 2.04. The fourth-order valence-corrected chi connectivity index (χ4v) is 1.88. The number of hydrogen-bond donors (Lipinski definition) is 2. The van der Waals surface area contributed by atoms with Crippen molar-refractivity contribution in [3.8, 4) is 0 Å². The number of anilines is 1. The van der Waals surface area contributed by atoms with Gasteiger partial charge >= 0.3 is 0 Å². The summed E-state index contributed by atoms with van der Waals surface area (Å²) >= 11 is 1.86. The van der Waals surface area contributed by atoms with Crippen LogP contribution in [0.25, 0.3) is 0 Å². The maximum absolute atomic E-state index is 13.2. The van der Waals surface area contributed by atoms with Crippen LogP contribution in [0, 0.1) is 9.39 Å². The van der Waals surface area contributed by atoms with Crippen molar-refractivity contribution in [2.75, 3.05) is 5.32 Å². The fourth-order valence-electron chi connectivity index (χ4n) is 1.38. The predicted octanol–water partition coefficient (Wildman–Crippen LogP) is 2.89. The highest BCUT2D eigenvalue weighted by atomic mass is 127. The first-order valence-corrected chi connectivity index (χ1v) is 6.64. The van der Waals surface area contributed by atoms with E-state index >= 15 is 0 Å². The number of benzene rings is 1. The standard InChI is InChI=1S/C12H16FIN2O/c1-2-3-6-9(15)12(17)16-10-7-4-5-8(13)11(10)14/h4-5,7,9H,2-3,6,15H2,1H3,(H,16,17). The van der Waals surface area contributed by atoms with E-state index in [2.05, 4.69) is 5.32 Å².